The maximum Gasteiger partial charge on any atom is 0.410 e. The number of carbonyl (C=O) groups is 2. The van der Waals surface area contributed by atoms with Crippen LogP contribution in [0.25, 0.3) is 0 Å². The lowest BCUT2D eigenvalue weighted by Gasteiger charge is -2.63. The van der Waals surface area contributed by atoms with Crippen LogP contribution < -0.4 is 11.1 Å². The molecule has 0 aromatic carbocycles. The average molecular weight is 686 g/mol. The van der Waals surface area contributed by atoms with Crippen LogP contribution in [0.4, 0.5) is 9.59 Å². The Morgan fingerprint density at radius 3 is 2.35 bits per heavy atom. The van der Waals surface area contributed by atoms with E-state index in [2.05, 4.69) is 46.9 Å². The number of nitrogens with two attached hydrogens (primary N) is 1. The number of hydrogen-bond donors (Lipinski definition) is 3. The summed E-state index contributed by atoms with van der Waals surface area (Å²) in [5, 5.41) is 15.6. The van der Waals surface area contributed by atoms with Crippen LogP contribution in [-0.2, 0) is 18.9 Å². The van der Waals surface area contributed by atoms with Crippen LogP contribution in [0.5, 0.6) is 0 Å². The molecule has 3 saturated heterocycles. The van der Waals surface area contributed by atoms with E-state index >= 15 is 0 Å². The molecule has 0 aromatic heterocycles. The largest absolute Gasteiger partial charge is 0.446 e. The van der Waals surface area contributed by atoms with Gasteiger partial charge in [-0.05, 0) is 116 Å². The van der Waals surface area contributed by atoms with Gasteiger partial charge in [-0.25, -0.2) is 9.59 Å². The number of alkyl carbamates (subject to hydrolysis) is 1. The third-order valence-corrected chi connectivity index (χ3v) is 16.4. The number of ether oxygens (including phenoxy) is 4. The number of amides is 2. The van der Waals surface area contributed by atoms with E-state index in [4.69, 9.17) is 24.7 Å². The van der Waals surface area contributed by atoms with Crippen molar-refractivity contribution in [3.63, 3.8) is 0 Å². The van der Waals surface area contributed by atoms with E-state index in [0.29, 0.717) is 19.1 Å². The molecule has 0 radical (unpaired) electrons. The van der Waals surface area contributed by atoms with E-state index in [-0.39, 0.29) is 88.0 Å². The fourth-order valence-corrected chi connectivity index (χ4v) is 13.9. The van der Waals surface area contributed by atoms with E-state index < -0.39 is 11.6 Å². The average Bonchev–Trinajstić information content (AvgIpc) is 3.65. The second kappa shape index (κ2) is 11.7. The van der Waals surface area contributed by atoms with Crippen molar-refractivity contribution in [3.8, 4) is 0 Å². The highest BCUT2D eigenvalue weighted by Gasteiger charge is 2.85. The summed E-state index contributed by atoms with van der Waals surface area (Å²) in [7, 11) is 0. The van der Waals surface area contributed by atoms with Gasteiger partial charge >= 0.3 is 12.2 Å². The molecule has 3 aliphatic heterocycles. The lowest BCUT2D eigenvalue weighted by atomic mass is 9.43. The van der Waals surface area contributed by atoms with Gasteiger partial charge in [-0.3, -0.25) is 0 Å². The molecule has 276 valence electrons. The smallest absolute Gasteiger partial charge is 0.410 e. The fourth-order valence-electron chi connectivity index (χ4n) is 13.9. The Hall–Kier alpha value is -1.62. The molecule has 4 N–H and O–H groups in total. The second-order valence-corrected chi connectivity index (χ2v) is 19.1. The normalized spacial score (nSPS) is 48.9. The highest BCUT2D eigenvalue weighted by Crippen LogP contribution is 2.87. The molecule has 8 aliphatic rings. The minimum absolute atomic E-state index is 0.0995. The monoisotopic (exact) mass is 685 g/mol. The maximum atomic E-state index is 13.1. The van der Waals surface area contributed by atoms with Crippen molar-refractivity contribution in [3.05, 3.63) is 0 Å². The Balaban J connectivity index is 1.01. The lowest BCUT2D eigenvalue weighted by Crippen LogP contribution is -2.70. The Morgan fingerprint density at radius 1 is 0.980 bits per heavy atom. The van der Waals surface area contributed by atoms with E-state index in [1.165, 1.54) is 0 Å². The summed E-state index contributed by atoms with van der Waals surface area (Å²) in [6, 6.07) is 0.124. The minimum Gasteiger partial charge on any atom is -0.446 e. The van der Waals surface area contributed by atoms with Crippen LogP contribution in [0, 0.1) is 51.2 Å². The first kappa shape index (κ1) is 34.5. The number of nitrogens with zero attached hydrogens (tertiary/aromatic N) is 1. The molecule has 49 heavy (non-hydrogen) atoms. The van der Waals surface area contributed by atoms with Crippen molar-refractivity contribution >= 4 is 12.2 Å². The van der Waals surface area contributed by atoms with Crippen molar-refractivity contribution in [2.75, 3.05) is 26.3 Å². The number of hydrogen-bond acceptors (Lipinski definition) is 8. The quantitative estimate of drug-likeness (QED) is 0.339. The van der Waals surface area contributed by atoms with Crippen LogP contribution in [0.15, 0.2) is 0 Å². The van der Waals surface area contributed by atoms with E-state index in [9.17, 15) is 14.7 Å². The number of aliphatic hydroxyl groups is 1. The predicted molar refractivity (Wildman–Crippen MR) is 183 cm³/mol. The molecule has 13 atom stereocenters. The number of fused-ring (bicyclic) bond motifs is 4. The third-order valence-electron chi connectivity index (χ3n) is 16.4. The van der Waals surface area contributed by atoms with Crippen molar-refractivity contribution in [2.24, 2.45) is 57.0 Å². The van der Waals surface area contributed by atoms with Crippen LogP contribution in [0.1, 0.15) is 112 Å². The molecule has 10 nitrogen and oxygen atoms in total. The van der Waals surface area contributed by atoms with Crippen LogP contribution >= 0.6 is 0 Å². The molecule has 10 heteroatoms. The van der Waals surface area contributed by atoms with Gasteiger partial charge in [-0.1, -0.05) is 41.5 Å². The van der Waals surface area contributed by atoms with Crippen molar-refractivity contribution in [2.45, 2.75) is 154 Å². The molecule has 3 heterocycles. The highest BCUT2D eigenvalue weighted by molar-refractivity contribution is 5.69. The van der Waals surface area contributed by atoms with Gasteiger partial charge < -0.3 is 40.0 Å². The zero-order chi connectivity index (χ0) is 34.7. The molecule has 8 fully saturated rings. The van der Waals surface area contributed by atoms with Gasteiger partial charge in [0.25, 0.3) is 0 Å². The zero-order valence-electron chi connectivity index (χ0n) is 30.9. The summed E-state index contributed by atoms with van der Waals surface area (Å²) in [6.07, 6.45) is 8.33. The molecule has 0 bridgehead atoms. The van der Waals surface area contributed by atoms with Crippen molar-refractivity contribution < 1.29 is 33.6 Å². The molecule has 5 aliphatic carbocycles. The molecule has 5 saturated carbocycles. The first-order valence-electron chi connectivity index (χ1n) is 19.8. The third kappa shape index (κ3) is 4.77. The molecular formula is C39H63N3O7. The number of nitrogens with one attached hydrogen (secondary N) is 1. The van der Waals surface area contributed by atoms with Gasteiger partial charge in [-0.2, -0.15) is 0 Å². The van der Waals surface area contributed by atoms with Crippen molar-refractivity contribution in [1.82, 2.24) is 10.2 Å². The van der Waals surface area contributed by atoms with Crippen LogP contribution in [0.2, 0.25) is 0 Å². The Kier molecular flexibility index (Phi) is 8.22. The molecule has 2 amide bonds. The predicted octanol–water partition coefficient (Wildman–Crippen LogP) is 5.63. The number of aliphatic hydroxyl groups excluding tert-OH is 1. The van der Waals surface area contributed by atoms with Gasteiger partial charge in [0.05, 0.1) is 23.9 Å². The molecule has 13 unspecified atom stereocenters. The van der Waals surface area contributed by atoms with Gasteiger partial charge in [0.2, 0.25) is 0 Å². The summed E-state index contributed by atoms with van der Waals surface area (Å²) in [6.45, 7) is 16.4. The first-order chi connectivity index (χ1) is 23.2. The summed E-state index contributed by atoms with van der Waals surface area (Å²) in [5.74, 6) is 1.21. The first-order valence-corrected chi connectivity index (χ1v) is 19.8. The van der Waals surface area contributed by atoms with E-state index in [1.54, 1.807) is 4.90 Å². The van der Waals surface area contributed by atoms with Gasteiger partial charge in [-0.15, -0.1) is 0 Å². The Labute approximate surface area is 293 Å². The summed E-state index contributed by atoms with van der Waals surface area (Å²) < 4.78 is 24.8. The van der Waals surface area contributed by atoms with Gasteiger partial charge in [0.1, 0.15) is 12.2 Å². The van der Waals surface area contributed by atoms with Gasteiger partial charge in [0.15, 0.2) is 0 Å². The summed E-state index contributed by atoms with van der Waals surface area (Å²) in [4.78, 5) is 27.8. The van der Waals surface area contributed by atoms with E-state index in [1.807, 2.05) is 0 Å². The van der Waals surface area contributed by atoms with Gasteiger partial charge in [0, 0.05) is 37.8 Å². The lowest BCUT2D eigenvalue weighted by molar-refractivity contribution is -0.180. The van der Waals surface area contributed by atoms with Crippen LogP contribution in [-0.4, -0.2) is 90.6 Å². The topological polar surface area (TPSA) is 133 Å². The number of carbonyl (C=O) groups excluding carboxylic acids is 2. The summed E-state index contributed by atoms with van der Waals surface area (Å²) in [5.41, 5.74) is 6.98. The molecule has 2 spiro atoms. The standard InChI is InChI=1S/C39H63N3O7/c1-22(2)30(49-34(45)42-16-7-17-42)25-20-23(3)29-31(47-25)32(43)39(40)27-9-8-26-35(4,5)28(48-33(44)41-24-11-18-46-19-12-24)10-13-37(26)21-38(27,37)15-14-36(29,39)6/h22-32,43H,7-21,40H2,1-6H3,(H,41,44). The minimum atomic E-state index is -0.774. The van der Waals surface area contributed by atoms with E-state index in [0.717, 1.165) is 83.7 Å². The van der Waals surface area contributed by atoms with Crippen molar-refractivity contribution in [1.29, 1.82) is 0 Å². The Bertz CT molecular complexity index is 1320. The maximum absolute atomic E-state index is 13.1. The zero-order valence-corrected chi connectivity index (χ0v) is 30.9. The number of rotatable bonds is 5. The van der Waals surface area contributed by atoms with Crippen LogP contribution in [0.3, 0.4) is 0 Å². The molecular weight excluding hydrogens is 622 g/mol. The molecule has 0 aromatic rings. The highest BCUT2D eigenvalue weighted by atomic mass is 16.6. The number of likely N-dealkylation sites (tertiary alicyclic amines) is 1. The second-order valence-electron chi connectivity index (χ2n) is 19.1. The fraction of sp³-hybridized carbons (Fsp3) is 0.949. The Morgan fingerprint density at radius 2 is 1.67 bits per heavy atom. The molecule has 8 rings (SSSR count). The SMILES string of the molecule is CC(C)C(OC(=O)N1CCC1)C1CC(C)C2C(O1)C(O)C1(N)C3CCC4C(C)(C)C(OC(=O)NC5CCOCC5)CCC45CC35CCC21C. The summed E-state index contributed by atoms with van der Waals surface area (Å²) >= 11 is 0.